The maximum Gasteiger partial charge on any atom is 0.276 e. The second-order valence-electron chi connectivity index (χ2n) is 6.64. The zero-order valence-electron chi connectivity index (χ0n) is 16.2. The first-order valence-electron chi connectivity index (χ1n) is 8.86. The van der Waals surface area contributed by atoms with E-state index in [2.05, 4.69) is 24.7 Å². The number of para-hydroxylation sites is 1. The number of nitrogens with one attached hydrogen (secondary N) is 2. The number of hydrazine groups is 1. The third-order valence-corrected chi connectivity index (χ3v) is 3.94. The molecule has 2 amide bonds. The van der Waals surface area contributed by atoms with E-state index in [-0.39, 0.29) is 19.1 Å². The molecule has 144 valence electrons. The van der Waals surface area contributed by atoms with Crippen molar-refractivity contribution in [2.45, 2.75) is 33.6 Å². The van der Waals surface area contributed by atoms with Gasteiger partial charge in [0.2, 0.25) is 0 Å². The van der Waals surface area contributed by atoms with Gasteiger partial charge in [-0.25, -0.2) is 0 Å². The Bertz CT molecular complexity index is 803. The fraction of sp³-hybridized carbons (Fsp3) is 0.333. The normalized spacial score (nSPS) is 10.4. The number of hydrogen-bond acceptors (Lipinski definition) is 4. The van der Waals surface area contributed by atoms with Crippen molar-refractivity contribution in [3.05, 3.63) is 59.2 Å². The summed E-state index contributed by atoms with van der Waals surface area (Å²) in [5, 5.41) is 0. The average molecular weight is 370 g/mol. The second kappa shape index (κ2) is 9.62. The molecule has 0 aliphatic carbocycles. The lowest BCUT2D eigenvalue weighted by molar-refractivity contribution is -0.131. The van der Waals surface area contributed by atoms with Crippen molar-refractivity contribution in [2.75, 3.05) is 13.2 Å². The van der Waals surface area contributed by atoms with Crippen LogP contribution < -0.4 is 20.3 Å². The molecule has 0 aliphatic rings. The molecular weight excluding hydrogens is 344 g/mol. The minimum atomic E-state index is -0.454. The minimum absolute atomic E-state index is 0.192. The molecule has 2 aromatic rings. The number of amides is 2. The molecule has 0 fully saturated rings. The van der Waals surface area contributed by atoms with Crippen LogP contribution in [0.1, 0.15) is 36.5 Å². The number of carbonyl (C=O) groups excluding carboxylic acids is 2. The van der Waals surface area contributed by atoms with E-state index in [1.165, 1.54) is 0 Å². The Labute approximate surface area is 159 Å². The quantitative estimate of drug-likeness (QED) is 0.735. The van der Waals surface area contributed by atoms with Gasteiger partial charge < -0.3 is 9.47 Å². The van der Waals surface area contributed by atoms with Crippen LogP contribution in [0.3, 0.4) is 0 Å². The van der Waals surface area contributed by atoms with Crippen molar-refractivity contribution >= 4 is 11.8 Å². The van der Waals surface area contributed by atoms with E-state index in [0.717, 1.165) is 16.7 Å². The molecule has 0 saturated carbocycles. The highest BCUT2D eigenvalue weighted by molar-refractivity contribution is 5.83. The Hall–Kier alpha value is -3.02. The first-order chi connectivity index (χ1) is 12.9. The van der Waals surface area contributed by atoms with E-state index in [4.69, 9.17) is 9.47 Å². The number of hydrogen-bond donors (Lipinski definition) is 2. The molecule has 0 atom stereocenters. The van der Waals surface area contributed by atoms with Crippen LogP contribution in [-0.4, -0.2) is 25.0 Å². The maximum atomic E-state index is 11.9. The Morgan fingerprint density at radius 2 is 1.48 bits per heavy atom. The van der Waals surface area contributed by atoms with Crippen molar-refractivity contribution in [1.82, 2.24) is 10.9 Å². The number of ether oxygens (including phenoxy) is 2. The van der Waals surface area contributed by atoms with Crippen LogP contribution in [0, 0.1) is 13.8 Å². The maximum absolute atomic E-state index is 11.9. The molecule has 27 heavy (non-hydrogen) atoms. The van der Waals surface area contributed by atoms with E-state index in [0.29, 0.717) is 11.5 Å². The van der Waals surface area contributed by atoms with Gasteiger partial charge in [-0.1, -0.05) is 44.2 Å². The SMILES string of the molecule is Cc1ccc(C(C)C)c(OCC(=O)NNC(=O)COc2ccccc2C)c1. The predicted molar refractivity (Wildman–Crippen MR) is 104 cm³/mol. The van der Waals surface area contributed by atoms with Crippen LogP contribution in [0.25, 0.3) is 0 Å². The molecule has 2 rings (SSSR count). The smallest absolute Gasteiger partial charge is 0.276 e. The Morgan fingerprint density at radius 3 is 2.07 bits per heavy atom. The van der Waals surface area contributed by atoms with Crippen LogP contribution >= 0.6 is 0 Å². The molecule has 0 unspecified atom stereocenters. The summed E-state index contributed by atoms with van der Waals surface area (Å²) in [6.07, 6.45) is 0. The van der Waals surface area contributed by atoms with Crippen LogP contribution in [0.4, 0.5) is 0 Å². The molecule has 0 spiro atoms. The zero-order valence-corrected chi connectivity index (χ0v) is 16.2. The fourth-order valence-electron chi connectivity index (χ4n) is 2.46. The van der Waals surface area contributed by atoms with Gasteiger partial charge >= 0.3 is 0 Å². The number of carbonyl (C=O) groups is 2. The van der Waals surface area contributed by atoms with E-state index >= 15 is 0 Å². The Morgan fingerprint density at radius 1 is 0.889 bits per heavy atom. The lowest BCUT2D eigenvalue weighted by Gasteiger charge is -2.15. The van der Waals surface area contributed by atoms with Gasteiger partial charge in [0.1, 0.15) is 11.5 Å². The van der Waals surface area contributed by atoms with Gasteiger partial charge in [-0.15, -0.1) is 0 Å². The third kappa shape index (κ3) is 6.33. The van der Waals surface area contributed by atoms with E-state index < -0.39 is 11.8 Å². The standard InChI is InChI=1S/C21H26N2O4/c1-14(2)17-10-9-15(3)11-19(17)27-13-21(25)23-22-20(24)12-26-18-8-6-5-7-16(18)4/h5-11,14H,12-13H2,1-4H3,(H,22,24)(H,23,25). The van der Waals surface area contributed by atoms with E-state index in [1.807, 2.05) is 50.2 Å². The predicted octanol–water partition coefficient (Wildman–Crippen LogP) is 3.03. The van der Waals surface area contributed by atoms with Crippen LogP contribution in [-0.2, 0) is 9.59 Å². The number of aryl methyl sites for hydroxylation is 2. The van der Waals surface area contributed by atoms with Gasteiger partial charge in [-0.05, 0) is 48.6 Å². The van der Waals surface area contributed by atoms with Crippen molar-refractivity contribution < 1.29 is 19.1 Å². The van der Waals surface area contributed by atoms with E-state index in [9.17, 15) is 9.59 Å². The highest BCUT2D eigenvalue weighted by Crippen LogP contribution is 2.27. The van der Waals surface area contributed by atoms with Gasteiger partial charge in [0.15, 0.2) is 13.2 Å². The summed E-state index contributed by atoms with van der Waals surface area (Å²) in [5.41, 5.74) is 7.65. The molecule has 0 aromatic heterocycles. The molecule has 0 bridgehead atoms. The third-order valence-electron chi connectivity index (χ3n) is 3.94. The summed E-state index contributed by atoms with van der Waals surface area (Å²) in [6, 6.07) is 13.3. The highest BCUT2D eigenvalue weighted by Gasteiger charge is 2.11. The van der Waals surface area contributed by atoms with Crippen LogP contribution in [0.2, 0.25) is 0 Å². The van der Waals surface area contributed by atoms with Crippen LogP contribution in [0.5, 0.6) is 11.5 Å². The monoisotopic (exact) mass is 370 g/mol. The molecule has 6 nitrogen and oxygen atoms in total. The number of rotatable bonds is 7. The van der Waals surface area contributed by atoms with Gasteiger partial charge in [-0.3, -0.25) is 20.4 Å². The first kappa shape index (κ1) is 20.3. The molecular formula is C21H26N2O4. The molecule has 2 aromatic carbocycles. The molecule has 0 heterocycles. The summed E-state index contributed by atoms with van der Waals surface area (Å²) >= 11 is 0. The minimum Gasteiger partial charge on any atom is -0.483 e. The summed E-state index contributed by atoms with van der Waals surface area (Å²) in [5.74, 6) is 0.680. The zero-order chi connectivity index (χ0) is 19.8. The Kier molecular flexibility index (Phi) is 7.23. The number of benzene rings is 2. The van der Waals surface area contributed by atoms with Crippen molar-refractivity contribution in [3.8, 4) is 11.5 Å². The lowest BCUT2D eigenvalue weighted by atomic mass is 10.0. The van der Waals surface area contributed by atoms with Crippen LogP contribution in [0.15, 0.2) is 42.5 Å². The second-order valence-corrected chi connectivity index (χ2v) is 6.64. The van der Waals surface area contributed by atoms with Gasteiger partial charge in [-0.2, -0.15) is 0 Å². The molecule has 0 radical (unpaired) electrons. The summed E-state index contributed by atoms with van der Waals surface area (Å²) < 4.78 is 11.0. The lowest BCUT2D eigenvalue weighted by Crippen LogP contribution is -2.45. The van der Waals surface area contributed by atoms with Gasteiger partial charge in [0.05, 0.1) is 0 Å². The summed E-state index contributed by atoms with van der Waals surface area (Å²) in [4.78, 5) is 23.7. The molecule has 0 aliphatic heterocycles. The average Bonchev–Trinajstić information content (AvgIpc) is 2.63. The summed E-state index contributed by atoms with van der Waals surface area (Å²) in [7, 11) is 0. The fourth-order valence-corrected chi connectivity index (χ4v) is 2.46. The van der Waals surface area contributed by atoms with E-state index in [1.54, 1.807) is 6.07 Å². The molecule has 0 saturated heterocycles. The van der Waals surface area contributed by atoms with Crippen molar-refractivity contribution in [3.63, 3.8) is 0 Å². The van der Waals surface area contributed by atoms with Crippen molar-refractivity contribution in [1.29, 1.82) is 0 Å². The largest absolute Gasteiger partial charge is 0.483 e. The van der Waals surface area contributed by atoms with Gasteiger partial charge in [0.25, 0.3) is 11.8 Å². The highest BCUT2D eigenvalue weighted by atomic mass is 16.5. The molecule has 2 N–H and O–H groups in total. The van der Waals surface area contributed by atoms with Gasteiger partial charge in [0, 0.05) is 0 Å². The first-order valence-corrected chi connectivity index (χ1v) is 8.86. The summed E-state index contributed by atoms with van der Waals surface area (Å²) in [6.45, 7) is 7.59. The Balaban J connectivity index is 1.77. The molecule has 6 heteroatoms. The van der Waals surface area contributed by atoms with Crippen molar-refractivity contribution in [2.24, 2.45) is 0 Å². The topological polar surface area (TPSA) is 76.7 Å².